The SMILES string of the molecule is Cc1ccccc1N(C)c1ccc(/C=C/C(=O)O)cn1. The maximum absolute atomic E-state index is 10.5. The average Bonchev–Trinajstić information content (AvgIpc) is 2.45. The summed E-state index contributed by atoms with van der Waals surface area (Å²) in [5.74, 6) is -0.155. The van der Waals surface area contributed by atoms with Gasteiger partial charge < -0.3 is 10.0 Å². The molecule has 0 aliphatic rings. The molecule has 0 unspecified atom stereocenters. The highest BCUT2D eigenvalue weighted by atomic mass is 16.4. The van der Waals surface area contributed by atoms with Crippen molar-refractivity contribution in [2.24, 2.45) is 0 Å². The molecule has 0 saturated heterocycles. The molecule has 102 valence electrons. The number of rotatable bonds is 4. The van der Waals surface area contributed by atoms with E-state index in [-0.39, 0.29) is 0 Å². The monoisotopic (exact) mass is 268 g/mol. The maximum atomic E-state index is 10.5. The number of carboxylic acid groups (broad SMARTS) is 1. The molecule has 4 heteroatoms. The van der Waals surface area contributed by atoms with Gasteiger partial charge in [0.05, 0.1) is 0 Å². The molecule has 0 spiro atoms. The summed E-state index contributed by atoms with van der Waals surface area (Å²) in [5, 5.41) is 8.58. The highest BCUT2D eigenvalue weighted by molar-refractivity contribution is 5.85. The zero-order chi connectivity index (χ0) is 14.5. The highest BCUT2D eigenvalue weighted by Crippen LogP contribution is 2.24. The minimum atomic E-state index is -0.967. The van der Waals surface area contributed by atoms with Gasteiger partial charge >= 0.3 is 5.97 Å². The van der Waals surface area contributed by atoms with Crippen molar-refractivity contribution < 1.29 is 9.90 Å². The number of aromatic nitrogens is 1. The predicted octanol–water partition coefficient (Wildman–Crippen LogP) is 3.26. The zero-order valence-corrected chi connectivity index (χ0v) is 11.4. The van der Waals surface area contributed by atoms with E-state index in [2.05, 4.69) is 18.0 Å². The third-order valence-corrected chi connectivity index (χ3v) is 3.01. The summed E-state index contributed by atoms with van der Waals surface area (Å²) in [5.41, 5.74) is 3.02. The lowest BCUT2D eigenvalue weighted by molar-refractivity contribution is -0.131. The van der Waals surface area contributed by atoms with Gasteiger partial charge in [0.2, 0.25) is 0 Å². The Morgan fingerprint density at radius 2 is 2.00 bits per heavy atom. The zero-order valence-electron chi connectivity index (χ0n) is 11.4. The minimum Gasteiger partial charge on any atom is -0.478 e. The molecule has 2 rings (SSSR count). The van der Waals surface area contributed by atoms with Gasteiger partial charge in [0, 0.05) is 25.0 Å². The van der Waals surface area contributed by atoms with E-state index in [1.165, 1.54) is 11.6 Å². The number of aliphatic carboxylic acids is 1. The van der Waals surface area contributed by atoms with Gasteiger partial charge in [0.25, 0.3) is 0 Å². The first-order chi connectivity index (χ1) is 9.58. The number of pyridine rings is 1. The van der Waals surface area contributed by atoms with Crippen molar-refractivity contribution in [1.82, 2.24) is 4.98 Å². The molecule has 0 atom stereocenters. The van der Waals surface area contributed by atoms with Gasteiger partial charge in [-0.15, -0.1) is 0 Å². The van der Waals surface area contributed by atoms with E-state index in [1.807, 2.05) is 42.3 Å². The Morgan fingerprint density at radius 3 is 2.60 bits per heavy atom. The van der Waals surface area contributed by atoms with E-state index >= 15 is 0 Å². The molecular formula is C16H16N2O2. The van der Waals surface area contributed by atoms with Crippen LogP contribution >= 0.6 is 0 Å². The van der Waals surface area contributed by atoms with Crippen LogP contribution in [0.3, 0.4) is 0 Å². The fourth-order valence-corrected chi connectivity index (χ4v) is 1.93. The first-order valence-electron chi connectivity index (χ1n) is 6.24. The van der Waals surface area contributed by atoms with Crippen LogP contribution in [0.4, 0.5) is 11.5 Å². The Bertz CT molecular complexity index is 633. The fourth-order valence-electron chi connectivity index (χ4n) is 1.93. The first-order valence-corrected chi connectivity index (χ1v) is 6.24. The molecule has 0 fully saturated rings. The molecule has 0 bridgehead atoms. The van der Waals surface area contributed by atoms with E-state index in [9.17, 15) is 4.79 Å². The summed E-state index contributed by atoms with van der Waals surface area (Å²) in [6, 6.07) is 11.8. The molecule has 0 aliphatic heterocycles. The predicted molar refractivity (Wildman–Crippen MR) is 80.1 cm³/mol. The maximum Gasteiger partial charge on any atom is 0.328 e. The van der Waals surface area contributed by atoms with Crippen LogP contribution in [-0.4, -0.2) is 23.1 Å². The molecule has 4 nitrogen and oxygen atoms in total. The Kier molecular flexibility index (Phi) is 4.15. The number of carboxylic acids is 1. The number of carbonyl (C=O) groups is 1. The van der Waals surface area contributed by atoms with Crippen molar-refractivity contribution in [3.05, 3.63) is 59.8 Å². The second-order valence-corrected chi connectivity index (χ2v) is 4.47. The van der Waals surface area contributed by atoms with Crippen molar-refractivity contribution >= 4 is 23.6 Å². The smallest absolute Gasteiger partial charge is 0.328 e. The quantitative estimate of drug-likeness (QED) is 0.865. The van der Waals surface area contributed by atoms with Crippen LogP contribution in [0.2, 0.25) is 0 Å². The van der Waals surface area contributed by atoms with E-state index in [4.69, 9.17) is 5.11 Å². The molecule has 0 radical (unpaired) electrons. The molecule has 1 aromatic heterocycles. The standard InChI is InChI=1S/C16H16N2O2/c1-12-5-3-4-6-14(12)18(2)15-9-7-13(11-17-15)8-10-16(19)20/h3-11H,1-2H3,(H,19,20)/b10-8+. The van der Waals surface area contributed by atoms with Gasteiger partial charge in [0.1, 0.15) is 5.82 Å². The Morgan fingerprint density at radius 1 is 1.25 bits per heavy atom. The van der Waals surface area contributed by atoms with Crippen LogP contribution in [0, 0.1) is 6.92 Å². The molecular weight excluding hydrogens is 252 g/mol. The normalized spacial score (nSPS) is 10.7. The van der Waals surface area contributed by atoms with E-state index in [0.717, 1.165) is 23.1 Å². The molecule has 0 saturated carbocycles. The molecule has 20 heavy (non-hydrogen) atoms. The fraction of sp³-hybridized carbons (Fsp3) is 0.125. The summed E-state index contributed by atoms with van der Waals surface area (Å²) < 4.78 is 0. The molecule has 0 aliphatic carbocycles. The van der Waals surface area contributed by atoms with E-state index < -0.39 is 5.97 Å². The van der Waals surface area contributed by atoms with Gasteiger partial charge in [-0.25, -0.2) is 9.78 Å². The van der Waals surface area contributed by atoms with Crippen LogP contribution in [0.15, 0.2) is 48.7 Å². The van der Waals surface area contributed by atoms with E-state index in [1.54, 1.807) is 6.20 Å². The number of benzene rings is 1. The number of hydrogen-bond acceptors (Lipinski definition) is 3. The van der Waals surface area contributed by atoms with Gasteiger partial charge in [-0.2, -0.15) is 0 Å². The Balaban J connectivity index is 2.22. The molecule has 1 heterocycles. The lowest BCUT2D eigenvalue weighted by Gasteiger charge is -2.20. The van der Waals surface area contributed by atoms with Crippen LogP contribution in [0.1, 0.15) is 11.1 Å². The topological polar surface area (TPSA) is 53.4 Å². The third-order valence-electron chi connectivity index (χ3n) is 3.01. The molecule has 1 N–H and O–H groups in total. The summed E-state index contributed by atoms with van der Waals surface area (Å²) in [7, 11) is 1.96. The Labute approximate surface area is 118 Å². The highest BCUT2D eigenvalue weighted by Gasteiger charge is 2.06. The van der Waals surface area contributed by atoms with Gasteiger partial charge in [-0.05, 0) is 42.3 Å². The number of hydrogen-bond donors (Lipinski definition) is 1. The molecule has 1 aromatic carbocycles. The first kappa shape index (κ1) is 13.8. The summed E-state index contributed by atoms with van der Waals surface area (Å²) in [4.78, 5) is 16.8. The van der Waals surface area contributed by atoms with Crippen LogP contribution < -0.4 is 4.90 Å². The summed E-state index contributed by atoms with van der Waals surface area (Å²) in [6.07, 6.45) is 4.28. The van der Waals surface area contributed by atoms with Crippen LogP contribution in [0.25, 0.3) is 6.08 Å². The van der Waals surface area contributed by atoms with Gasteiger partial charge in [-0.3, -0.25) is 0 Å². The van der Waals surface area contributed by atoms with Gasteiger partial charge in [-0.1, -0.05) is 18.2 Å². The van der Waals surface area contributed by atoms with Crippen molar-refractivity contribution in [3.8, 4) is 0 Å². The van der Waals surface area contributed by atoms with E-state index in [0.29, 0.717) is 0 Å². The lowest BCUT2D eigenvalue weighted by atomic mass is 10.2. The minimum absolute atomic E-state index is 0.759. The third kappa shape index (κ3) is 3.23. The van der Waals surface area contributed by atoms with Crippen molar-refractivity contribution in [2.75, 3.05) is 11.9 Å². The second-order valence-electron chi connectivity index (χ2n) is 4.47. The average molecular weight is 268 g/mol. The number of para-hydroxylation sites is 1. The molecule has 2 aromatic rings. The number of nitrogens with zero attached hydrogens (tertiary/aromatic N) is 2. The summed E-state index contributed by atoms with van der Waals surface area (Å²) in [6.45, 7) is 2.05. The largest absolute Gasteiger partial charge is 0.478 e. The number of anilines is 2. The Hall–Kier alpha value is -2.62. The molecule has 0 amide bonds. The second kappa shape index (κ2) is 6.02. The summed E-state index contributed by atoms with van der Waals surface area (Å²) >= 11 is 0. The lowest BCUT2D eigenvalue weighted by Crippen LogP contribution is -2.12. The number of aryl methyl sites for hydroxylation is 1. The van der Waals surface area contributed by atoms with Crippen LogP contribution in [-0.2, 0) is 4.79 Å². The van der Waals surface area contributed by atoms with Crippen molar-refractivity contribution in [2.45, 2.75) is 6.92 Å². The van der Waals surface area contributed by atoms with Crippen molar-refractivity contribution in [3.63, 3.8) is 0 Å². The van der Waals surface area contributed by atoms with Crippen molar-refractivity contribution in [1.29, 1.82) is 0 Å². The van der Waals surface area contributed by atoms with Gasteiger partial charge in [0.15, 0.2) is 0 Å². The van der Waals surface area contributed by atoms with Crippen LogP contribution in [0.5, 0.6) is 0 Å².